The summed E-state index contributed by atoms with van der Waals surface area (Å²) in [6, 6.07) is 6.88. The average molecular weight is 292 g/mol. The van der Waals surface area contributed by atoms with Crippen LogP contribution in [-0.4, -0.2) is 27.3 Å². The lowest BCUT2D eigenvalue weighted by Crippen LogP contribution is -2.22. The van der Waals surface area contributed by atoms with Gasteiger partial charge in [-0.15, -0.1) is 0 Å². The van der Waals surface area contributed by atoms with E-state index >= 15 is 0 Å². The summed E-state index contributed by atoms with van der Waals surface area (Å²) in [5.41, 5.74) is 0. The van der Waals surface area contributed by atoms with Gasteiger partial charge in [-0.1, -0.05) is 19.1 Å². The Morgan fingerprint density at radius 1 is 1.33 bits per heavy atom. The van der Waals surface area contributed by atoms with E-state index in [1.807, 2.05) is 6.92 Å². The van der Waals surface area contributed by atoms with Crippen molar-refractivity contribution in [2.24, 2.45) is 0 Å². The number of benzene rings is 1. The zero-order valence-electron chi connectivity index (χ0n) is 8.53. The Labute approximate surface area is 98.9 Å². The molecule has 15 heavy (non-hydrogen) atoms. The lowest BCUT2D eigenvalue weighted by molar-refractivity contribution is 0.591. The largest absolute Gasteiger partial charge is 0.316 e. The van der Waals surface area contributed by atoms with Gasteiger partial charge in [-0.05, 0) is 34.6 Å². The predicted octanol–water partition coefficient (Wildman–Crippen LogP) is 1.83. The highest BCUT2D eigenvalue weighted by Gasteiger charge is 2.16. The normalized spacial score (nSPS) is 11.6. The van der Waals surface area contributed by atoms with Gasteiger partial charge in [-0.25, -0.2) is 8.42 Å². The van der Waals surface area contributed by atoms with E-state index in [2.05, 4.69) is 21.2 Å². The zero-order valence-corrected chi connectivity index (χ0v) is 10.9. The van der Waals surface area contributed by atoms with Crippen LogP contribution >= 0.6 is 15.9 Å². The molecule has 1 aromatic carbocycles. The molecule has 0 amide bonds. The molecular weight excluding hydrogens is 278 g/mol. The molecule has 0 aromatic heterocycles. The number of nitrogens with one attached hydrogen (secondary N) is 1. The minimum Gasteiger partial charge on any atom is -0.316 e. The molecule has 0 saturated carbocycles. The second-order valence-electron chi connectivity index (χ2n) is 3.10. The summed E-state index contributed by atoms with van der Waals surface area (Å²) >= 11 is 3.24. The Kier molecular flexibility index (Phi) is 4.76. The molecule has 5 heteroatoms. The van der Waals surface area contributed by atoms with Gasteiger partial charge < -0.3 is 5.32 Å². The minimum atomic E-state index is -3.17. The van der Waals surface area contributed by atoms with Gasteiger partial charge >= 0.3 is 0 Å². The number of halogens is 1. The molecule has 1 rings (SSSR count). The summed E-state index contributed by atoms with van der Waals surface area (Å²) in [5.74, 6) is 0.128. The van der Waals surface area contributed by atoms with Crippen molar-refractivity contribution >= 4 is 25.8 Å². The first-order chi connectivity index (χ1) is 7.08. The highest BCUT2D eigenvalue weighted by atomic mass is 79.9. The molecule has 84 valence electrons. The number of hydrogen-bond acceptors (Lipinski definition) is 3. The number of rotatable bonds is 5. The van der Waals surface area contributed by atoms with Gasteiger partial charge in [0.15, 0.2) is 9.84 Å². The molecule has 1 N–H and O–H groups in total. The highest BCUT2D eigenvalue weighted by molar-refractivity contribution is 9.10. The van der Waals surface area contributed by atoms with Crippen LogP contribution in [0, 0.1) is 0 Å². The molecule has 0 spiro atoms. The van der Waals surface area contributed by atoms with Crippen LogP contribution in [0.3, 0.4) is 0 Å². The fourth-order valence-corrected chi connectivity index (χ4v) is 3.50. The maximum atomic E-state index is 11.9. The fraction of sp³-hybridized carbons (Fsp3) is 0.400. The van der Waals surface area contributed by atoms with Crippen molar-refractivity contribution < 1.29 is 8.42 Å². The van der Waals surface area contributed by atoms with E-state index in [9.17, 15) is 8.42 Å². The van der Waals surface area contributed by atoms with E-state index in [0.717, 1.165) is 6.54 Å². The minimum absolute atomic E-state index is 0.128. The van der Waals surface area contributed by atoms with Crippen molar-refractivity contribution in [2.75, 3.05) is 18.8 Å². The van der Waals surface area contributed by atoms with Crippen molar-refractivity contribution in [1.82, 2.24) is 5.32 Å². The van der Waals surface area contributed by atoms with Crippen LogP contribution in [0.5, 0.6) is 0 Å². The molecule has 0 radical (unpaired) electrons. The first-order valence-electron chi connectivity index (χ1n) is 4.76. The van der Waals surface area contributed by atoms with E-state index in [0.29, 0.717) is 15.9 Å². The van der Waals surface area contributed by atoms with Crippen LogP contribution in [0.15, 0.2) is 33.6 Å². The first-order valence-corrected chi connectivity index (χ1v) is 7.20. The zero-order chi connectivity index (χ0) is 11.3. The van der Waals surface area contributed by atoms with Gasteiger partial charge in [0, 0.05) is 11.0 Å². The van der Waals surface area contributed by atoms with E-state index in [-0.39, 0.29) is 5.75 Å². The molecule has 0 aliphatic carbocycles. The van der Waals surface area contributed by atoms with Crippen LogP contribution in [0.2, 0.25) is 0 Å². The SMILES string of the molecule is CCNCCS(=O)(=O)c1ccccc1Br. The second kappa shape index (κ2) is 5.63. The van der Waals surface area contributed by atoms with Gasteiger partial charge in [0.1, 0.15) is 0 Å². The van der Waals surface area contributed by atoms with Crippen molar-refractivity contribution in [3.05, 3.63) is 28.7 Å². The van der Waals surface area contributed by atoms with Crippen LogP contribution < -0.4 is 5.32 Å². The maximum Gasteiger partial charge on any atom is 0.180 e. The summed E-state index contributed by atoms with van der Waals surface area (Å²) in [5, 5.41) is 3.00. The van der Waals surface area contributed by atoms with Gasteiger partial charge in [0.25, 0.3) is 0 Å². The third-order valence-corrected chi connectivity index (χ3v) is 4.69. The van der Waals surface area contributed by atoms with Gasteiger partial charge in [0.2, 0.25) is 0 Å². The molecule has 0 saturated heterocycles. The molecule has 3 nitrogen and oxygen atoms in total. The van der Waals surface area contributed by atoms with Crippen LogP contribution in [0.25, 0.3) is 0 Å². The van der Waals surface area contributed by atoms with Crippen molar-refractivity contribution in [3.63, 3.8) is 0 Å². The first kappa shape index (κ1) is 12.7. The summed E-state index contributed by atoms with van der Waals surface area (Å²) in [6.45, 7) is 3.22. The molecular formula is C10H14BrNO2S. The lowest BCUT2D eigenvalue weighted by atomic mass is 10.4. The Bertz CT molecular complexity index is 417. The molecule has 1 aromatic rings. The smallest absolute Gasteiger partial charge is 0.180 e. The quantitative estimate of drug-likeness (QED) is 0.842. The monoisotopic (exact) mass is 291 g/mol. The Morgan fingerprint density at radius 3 is 2.60 bits per heavy atom. The maximum absolute atomic E-state index is 11.9. The summed E-state index contributed by atoms with van der Waals surface area (Å²) in [4.78, 5) is 0.364. The molecule has 0 aliphatic rings. The lowest BCUT2D eigenvalue weighted by Gasteiger charge is -2.06. The summed E-state index contributed by atoms with van der Waals surface area (Å²) in [7, 11) is -3.17. The molecule has 0 atom stereocenters. The van der Waals surface area contributed by atoms with Gasteiger partial charge in [0.05, 0.1) is 10.6 Å². The molecule has 0 unspecified atom stereocenters. The third-order valence-electron chi connectivity index (χ3n) is 1.97. The Morgan fingerprint density at radius 2 is 2.00 bits per heavy atom. The molecule has 0 heterocycles. The average Bonchev–Trinajstić information content (AvgIpc) is 2.18. The van der Waals surface area contributed by atoms with Crippen molar-refractivity contribution in [1.29, 1.82) is 0 Å². The fourth-order valence-electron chi connectivity index (χ4n) is 1.19. The predicted molar refractivity (Wildman–Crippen MR) is 64.7 cm³/mol. The van der Waals surface area contributed by atoms with Crippen molar-refractivity contribution in [2.45, 2.75) is 11.8 Å². The van der Waals surface area contributed by atoms with E-state index in [4.69, 9.17) is 0 Å². The van der Waals surface area contributed by atoms with E-state index in [1.165, 1.54) is 0 Å². The molecule has 0 aliphatic heterocycles. The van der Waals surface area contributed by atoms with E-state index < -0.39 is 9.84 Å². The Balaban J connectivity index is 2.83. The third kappa shape index (κ3) is 3.59. The van der Waals surface area contributed by atoms with Crippen LogP contribution in [0.4, 0.5) is 0 Å². The highest BCUT2D eigenvalue weighted by Crippen LogP contribution is 2.21. The van der Waals surface area contributed by atoms with Crippen LogP contribution in [0.1, 0.15) is 6.92 Å². The van der Waals surface area contributed by atoms with Gasteiger partial charge in [-0.3, -0.25) is 0 Å². The summed E-state index contributed by atoms with van der Waals surface area (Å²) in [6.07, 6.45) is 0. The number of hydrogen-bond donors (Lipinski definition) is 1. The summed E-state index contributed by atoms with van der Waals surface area (Å²) < 4.78 is 24.3. The molecule has 0 fully saturated rings. The number of sulfone groups is 1. The topological polar surface area (TPSA) is 46.2 Å². The van der Waals surface area contributed by atoms with Crippen LogP contribution in [-0.2, 0) is 9.84 Å². The van der Waals surface area contributed by atoms with Gasteiger partial charge in [-0.2, -0.15) is 0 Å². The standard InChI is InChI=1S/C10H14BrNO2S/c1-2-12-7-8-15(13,14)10-6-4-3-5-9(10)11/h3-6,12H,2,7-8H2,1H3. The second-order valence-corrected chi connectivity index (χ2v) is 6.03. The van der Waals surface area contributed by atoms with E-state index in [1.54, 1.807) is 24.3 Å². The van der Waals surface area contributed by atoms with Crippen molar-refractivity contribution in [3.8, 4) is 0 Å². The molecule has 0 bridgehead atoms. The Hall–Kier alpha value is -0.390.